The molecule has 0 saturated carbocycles. The molecule has 33 heavy (non-hydrogen) atoms. The van der Waals surface area contributed by atoms with Crippen molar-refractivity contribution >= 4 is 38.3 Å². The van der Waals surface area contributed by atoms with Gasteiger partial charge in [-0.1, -0.05) is 11.3 Å². The number of ether oxygens (including phenoxy) is 2. The molecule has 0 N–H and O–H groups in total. The van der Waals surface area contributed by atoms with Crippen molar-refractivity contribution in [2.24, 2.45) is 5.92 Å². The first-order chi connectivity index (χ1) is 16.1. The van der Waals surface area contributed by atoms with Gasteiger partial charge in [0, 0.05) is 45.0 Å². The number of amides is 1. The van der Waals surface area contributed by atoms with Crippen molar-refractivity contribution in [2.45, 2.75) is 12.8 Å². The van der Waals surface area contributed by atoms with Crippen LogP contribution in [0.3, 0.4) is 0 Å². The second kappa shape index (κ2) is 9.47. The first-order valence-corrected chi connectivity index (χ1v) is 12.3. The Labute approximate surface area is 198 Å². The summed E-state index contributed by atoms with van der Waals surface area (Å²) >= 11 is 1.68. The third-order valence-corrected chi connectivity index (χ3v) is 7.73. The molecule has 5 rings (SSSR count). The van der Waals surface area contributed by atoms with Gasteiger partial charge in [0.05, 0.1) is 30.4 Å². The molecule has 1 unspecified atom stereocenters. The summed E-state index contributed by atoms with van der Waals surface area (Å²) in [6, 6.07) is 14.1. The molecule has 1 amide bonds. The van der Waals surface area contributed by atoms with Crippen LogP contribution >= 0.6 is 11.3 Å². The molecule has 0 bridgehead atoms. The predicted molar refractivity (Wildman–Crippen MR) is 133 cm³/mol. The molecule has 2 aromatic carbocycles. The number of piperazine rings is 1. The van der Waals surface area contributed by atoms with Gasteiger partial charge in [0.25, 0.3) is 0 Å². The van der Waals surface area contributed by atoms with Gasteiger partial charge in [0.2, 0.25) is 5.91 Å². The molecular weight excluding hydrogens is 436 g/mol. The van der Waals surface area contributed by atoms with Gasteiger partial charge in [-0.05, 0) is 55.3 Å². The summed E-state index contributed by atoms with van der Waals surface area (Å²) in [5.41, 5.74) is 2.16. The predicted octanol–water partition coefficient (Wildman–Crippen LogP) is 3.88. The molecule has 3 aromatic rings. The van der Waals surface area contributed by atoms with Crippen LogP contribution in [-0.4, -0.2) is 69.3 Å². The number of aromatic nitrogens is 1. The van der Waals surface area contributed by atoms with Crippen LogP contribution in [-0.2, 0) is 4.79 Å². The van der Waals surface area contributed by atoms with Crippen molar-refractivity contribution in [1.82, 2.24) is 9.88 Å². The highest BCUT2D eigenvalue weighted by atomic mass is 32.1. The number of methoxy groups -OCH3 is 2. The molecule has 2 aliphatic heterocycles. The number of carbonyl (C=O) groups excluding carboxylic acids is 1. The molecule has 0 radical (unpaired) electrons. The Morgan fingerprint density at radius 1 is 0.939 bits per heavy atom. The molecule has 1 aromatic heterocycles. The van der Waals surface area contributed by atoms with E-state index in [9.17, 15) is 4.79 Å². The maximum Gasteiger partial charge on any atom is 0.227 e. The lowest BCUT2D eigenvalue weighted by Crippen LogP contribution is -2.52. The zero-order valence-electron chi connectivity index (χ0n) is 19.2. The maximum absolute atomic E-state index is 13.3. The summed E-state index contributed by atoms with van der Waals surface area (Å²) in [6.45, 7) is 4.94. The van der Waals surface area contributed by atoms with E-state index in [0.717, 1.165) is 79.0 Å². The number of fused-ring (bicyclic) bond motifs is 1. The van der Waals surface area contributed by atoms with Crippen molar-refractivity contribution in [1.29, 1.82) is 0 Å². The van der Waals surface area contributed by atoms with Crippen LogP contribution in [0.1, 0.15) is 12.8 Å². The molecule has 0 spiro atoms. The highest BCUT2D eigenvalue weighted by molar-refractivity contribution is 7.22. The molecule has 1 atom stereocenters. The number of carbonyl (C=O) groups is 1. The first kappa shape index (κ1) is 21.8. The van der Waals surface area contributed by atoms with E-state index in [-0.39, 0.29) is 11.8 Å². The van der Waals surface area contributed by atoms with Gasteiger partial charge >= 0.3 is 0 Å². The number of anilines is 2. The largest absolute Gasteiger partial charge is 0.497 e. The number of thiazole rings is 1. The number of rotatable bonds is 5. The summed E-state index contributed by atoms with van der Waals surface area (Å²) in [4.78, 5) is 24.8. The summed E-state index contributed by atoms with van der Waals surface area (Å²) in [5.74, 6) is 2.03. The average molecular weight is 467 g/mol. The van der Waals surface area contributed by atoms with Gasteiger partial charge in [-0.3, -0.25) is 4.79 Å². The van der Waals surface area contributed by atoms with E-state index >= 15 is 0 Å². The first-order valence-electron chi connectivity index (χ1n) is 11.5. The molecule has 2 fully saturated rings. The second-order valence-electron chi connectivity index (χ2n) is 8.63. The van der Waals surface area contributed by atoms with E-state index < -0.39 is 0 Å². The minimum atomic E-state index is 0.0350. The Morgan fingerprint density at radius 2 is 1.67 bits per heavy atom. The SMILES string of the molecule is COc1ccc(N2CCN(C(=O)C3CCCN(c4nc5ccc(OC)cc5s4)C3)CC2)cc1. The average Bonchev–Trinajstić information content (AvgIpc) is 3.32. The molecule has 3 heterocycles. The Balaban J connectivity index is 1.20. The molecule has 174 valence electrons. The minimum absolute atomic E-state index is 0.0350. The second-order valence-corrected chi connectivity index (χ2v) is 9.63. The molecule has 2 saturated heterocycles. The van der Waals surface area contributed by atoms with Crippen LogP contribution in [0, 0.1) is 5.92 Å². The number of hydrogen-bond donors (Lipinski definition) is 0. The lowest BCUT2D eigenvalue weighted by atomic mass is 9.96. The third-order valence-electron chi connectivity index (χ3n) is 6.65. The van der Waals surface area contributed by atoms with E-state index in [4.69, 9.17) is 14.5 Å². The number of hydrogen-bond acceptors (Lipinski definition) is 7. The van der Waals surface area contributed by atoms with Crippen LogP contribution in [0.5, 0.6) is 11.5 Å². The van der Waals surface area contributed by atoms with Gasteiger partial charge in [-0.15, -0.1) is 0 Å². The van der Waals surface area contributed by atoms with Crippen molar-refractivity contribution < 1.29 is 14.3 Å². The number of benzene rings is 2. The van der Waals surface area contributed by atoms with Crippen LogP contribution < -0.4 is 19.3 Å². The maximum atomic E-state index is 13.3. The quantitative estimate of drug-likeness (QED) is 0.569. The zero-order valence-corrected chi connectivity index (χ0v) is 20.0. The van der Waals surface area contributed by atoms with Crippen molar-refractivity contribution in [3.8, 4) is 11.5 Å². The smallest absolute Gasteiger partial charge is 0.227 e. The van der Waals surface area contributed by atoms with Gasteiger partial charge in [-0.2, -0.15) is 0 Å². The molecule has 8 heteroatoms. The summed E-state index contributed by atoms with van der Waals surface area (Å²) in [6.07, 6.45) is 1.97. The van der Waals surface area contributed by atoms with Crippen molar-refractivity contribution in [3.05, 3.63) is 42.5 Å². The normalized spacial score (nSPS) is 19.1. The lowest BCUT2D eigenvalue weighted by Gasteiger charge is -2.39. The summed E-state index contributed by atoms with van der Waals surface area (Å²) in [5, 5.41) is 1.00. The minimum Gasteiger partial charge on any atom is -0.497 e. The van der Waals surface area contributed by atoms with Crippen LogP contribution in [0.25, 0.3) is 10.2 Å². The topological polar surface area (TPSA) is 58.1 Å². The van der Waals surface area contributed by atoms with Crippen molar-refractivity contribution in [2.75, 3.05) is 63.3 Å². The van der Waals surface area contributed by atoms with Gasteiger partial charge in [0.1, 0.15) is 11.5 Å². The Hall–Kier alpha value is -3.00. The summed E-state index contributed by atoms with van der Waals surface area (Å²) in [7, 11) is 3.36. The van der Waals surface area contributed by atoms with Gasteiger partial charge in [-0.25, -0.2) is 4.98 Å². The fourth-order valence-electron chi connectivity index (χ4n) is 4.74. The van der Waals surface area contributed by atoms with Gasteiger partial charge in [0.15, 0.2) is 5.13 Å². The van der Waals surface area contributed by atoms with Crippen molar-refractivity contribution in [3.63, 3.8) is 0 Å². The van der Waals surface area contributed by atoms with Crippen LogP contribution in [0.4, 0.5) is 10.8 Å². The van der Waals surface area contributed by atoms with E-state index in [1.165, 1.54) is 5.69 Å². The van der Waals surface area contributed by atoms with Crippen LogP contribution in [0.15, 0.2) is 42.5 Å². The Kier molecular flexibility index (Phi) is 6.26. The Morgan fingerprint density at radius 3 is 2.39 bits per heavy atom. The highest BCUT2D eigenvalue weighted by Gasteiger charge is 2.32. The van der Waals surface area contributed by atoms with E-state index in [0.29, 0.717) is 0 Å². The van der Waals surface area contributed by atoms with E-state index in [1.54, 1.807) is 25.6 Å². The van der Waals surface area contributed by atoms with E-state index in [1.807, 2.05) is 30.3 Å². The summed E-state index contributed by atoms with van der Waals surface area (Å²) < 4.78 is 11.7. The number of piperidine rings is 1. The number of nitrogens with zero attached hydrogens (tertiary/aromatic N) is 4. The van der Waals surface area contributed by atoms with Gasteiger partial charge < -0.3 is 24.2 Å². The third kappa shape index (κ3) is 4.57. The fraction of sp³-hybridized carbons (Fsp3) is 0.440. The zero-order chi connectivity index (χ0) is 22.8. The van der Waals surface area contributed by atoms with Crippen LogP contribution in [0.2, 0.25) is 0 Å². The monoisotopic (exact) mass is 466 g/mol. The highest BCUT2D eigenvalue weighted by Crippen LogP contribution is 2.34. The fourth-order valence-corrected chi connectivity index (χ4v) is 5.77. The molecule has 2 aliphatic rings. The standard InChI is InChI=1S/C25H30N4O3S/c1-31-20-7-5-19(6-8-20)27-12-14-28(15-13-27)24(30)18-4-3-11-29(17-18)25-26-22-10-9-21(32-2)16-23(22)33-25/h5-10,16,18H,3-4,11-15,17H2,1-2H3. The molecule has 7 nitrogen and oxygen atoms in total. The Bertz CT molecular complexity index is 1110. The molecule has 0 aliphatic carbocycles. The lowest BCUT2D eigenvalue weighted by molar-refractivity contribution is -0.136. The van der Waals surface area contributed by atoms with E-state index in [2.05, 4.69) is 26.8 Å². The molecular formula is C25H30N4O3S.